The Labute approximate surface area is 132 Å². The van der Waals surface area contributed by atoms with Crippen molar-refractivity contribution >= 4 is 32.5 Å². The molecule has 3 aromatic rings. The van der Waals surface area contributed by atoms with E-state index in [1.807, 2.05) is 6.07 Å². The average molecular weight is 361 g/mol. The minimum absolute atomic E-state index is 0.144. The number of nitro groups is 1. The van der Waals surface area contributed by atoms with Crippen LogP contribution in [0.2, 0.25) is 0 Å². The maximum Gasteiger partial charge on any atom is 0.293 e. The zero-order chi connectivity index (χ0) is 15.7. The van der Waals surface area contributed by atoms with Gasteiger partial charge in [0.1, 0.15) is 17.0 Å². The van der Waals surface area contributed by atoms with E-state index in [9.17, 15) is 14.9 Å². The number of nitrogens with one attached hydrogen (secondary N) is 1. The molecule has 2 aromatic carbocycles. The molecular weight excluding hydrogens is 352 g/mol. The van der Waals surface area contributed by atoms with Crippen LogP contribution in [0.3, 0.4) is 0 Å². The van der Waals surface area contributed by atoms with Gasteiger partial charge < -0.3 is 9.72 Å². The van der Waals surface area contributed by atoms with Gasteiger partial charge in [0.05, 0.1) is 4.92 Å². The van der Waals surface area contributed by atoms with Gasteiger partial charge in [0.2, 0.25) is 0 Å². The molecule has 7 heteroatoms. The fraction of sp³-hybridized carbons (Fsp3) is 0. The van der Waals surface area contributed by atoms with Crippen molar-refractivity contribution in [1.29, 1.82) is 0 Å². The predicted molar refractivity (Wildman–Crippen MR) is 85.4 cm³/mol. The average Bonchev–Trinajstić information content (AvgIpc) is 2.46. The Hall–Kier alpha value is -2.67. The van der Waals surface area contributed by atoms with Gasteiger partial charge in [-0.05, 0) is 24.3 Å². The Kier molecular flexibility index (Phi) is 3.64. The Morgan fingerprint density at radius 3 is 2.64 bits per heavy atom. The van der Waals surface area contributed by atoms with Gasteiger partial charge >= 0.3 is 0 Å². The number of ether oxygens (including phenoxy) is 1. The van der Waals surface area contributed by atoms with Gasteiger partial charge in [-0.15, -0.1) is 0 Å². The van der Waals surface area contributed by atoms with Crippen molar-refractivity contribution in [3.05, 3.63) is 73.5 Å². The number of nitro benzene ring substituents is 1. The first-order chi connectivity index (χ1) is 10.5. The van der Waals surface area contributed by atoms with E-state index in [0.717, 1.165) is 4.47 Å². The van der Waals surface area contributed by atoms with Crippen molar-refractivity contribution in [3.63, 3.8) is 0 Å². The number of fused-ring (bicyclic) bond motifs is 1. The van der Waals surface area contributed by atoms with Crippen molar-refractivity contribution in [2.45, 2.75) is 0 Å². The molecule has 0 aliphatic rings. The maximum absolute atomic E-state index is 11.8. The number of para-hydroxylation sites is 1. The molecule has 0 unspecified atom stereocenters. The normalized spacial score (nSPS) is 10.6. The van der Waals surface area contributed by atoms with Crippen LogP contribution >= 0.6 is 15.9 Å². The van der Waals surface area contributed by atoms with Crippen molar-refractivity contribution in [1.82, 2.24) is 4.98 Å². The summed E-state index contributed by atoms with van der Waals surface area (Å²) in [4.78, 5) is 24.8. The van der Waals surface area contributed by atoms with Gasteiger partial charge in [-0.1, -0.05) is 28.1 Å². The van der Waals surface area contributed by atoms with Gasteiger partial charge in [-0.3, -0.25) is 14.9 Å². The van der Waals surface area contributed by atoms with Gasteiger partial charge in [0.25, 0.3) is 11.2 Å². The highest BCUT2D eigenvalue weighted by molar-refractivity contribution is 9.10. The van der Waals surface area contributed by atoms with Crippen LogP contribution in [0.1, 0.15) is 0 Å². The van der Waals surface area contributed by atoms with Crippen LogP contribution in [-0.4, -0.2) is 9.91 Å². The van der Waals surface area contributed by atoms with E-state index in [1.54, 1.807) is 30.3 Å². The molecule has 0 aliphatic carbocycles. The number of H-pyrrole nitrogens is 1. The van der Waals surface area contributed by atoms with Gasteiger partial charge in [-0.2, -0.15) is 0 Å². The fourth-order valence-electron chi connectivity index (χ4n) is 2.13. The Morgan fingerprint density at radius 1 is 1.14 bits per heavy atom. The number of aromatic amines is 1. The van der Waals surface area contributed by atoms with E-state index in [1.165, 1.54) is 12.1 Å². The zero-order valence-electron chi connectivity index (χ0n) is 11.1. The molecule has 1 aromatic heterocycles. The largest absolute Gasteiger partial charge is 0.456 e. The van der Waals surface area contributed by atoms with Crippen molar-refractivity contribution in [2.75, 3.05) is 0 Å². The molecule has 0 aliphatic heterocycles. The molecule has 0 saturated carbocycles. The maximum atomic E-state index is 11.8. The second-order valence-corrected chi connectivity index (χ2v) is 5.43. The second-order valence-electron chi connectivity index (χ2n) is 4.51. The quantitative estimate of drug-likeness (QED) is 0.565. The molecule has 0 saturated heterocycles. The molecule has 0 fully saturated rings. The zero-order valence-corrected chi connectivity index (χ0v) is 12.7. The van der Waals surface area contributed by atoms with Crippen LogP contribution in [-0.2, 0) is 0 Å². The van der Waals surface area contributed by atoms with Gasteiger partial charge in [0.15, 0.2) is 0 Å². The van der Waals surface area contributed by atoms with Crippen molar-refractivity contribution in [2.24, 2.45) is 0 Å². The Bertz CT molecular complexity index is 936. The van der Waals surface area contributed by atoms with E-state index in [0.29, 0.717) is 11.1 Å². The number of non-ortho nitro benzene ring substituents is 1. The molecule has 0 atom stereocenters. The lowest BCUT2D eigenvalue weighted by molar-refractivity contribution is -0.383. The summed E-state index contributed by atoms with van der Waals surface area (Å²) >= 11 is 3.33. The van der Waals surface area contributed by atoms with Crippen molar-refractivity contribution < 1.29 is 9.66 Å². The number of hydrogen-bond acceptors (Lipinski definition) is 4. The van der Waals surface area contributed by atoms with Crippen molar-refractivity contribution in [3.8, 4) is 11.5 Å². The summed E-state index contributed by atoms with van der Waals surface area (Å²) in [5.74, 6) is 0.785. The number of halogens is 1. The number of hydrogen-bond donors (Lipinski definition) is 1. The summed E-state index contributed by atoms with van der Waals surface area (Å²) in [7, 11) is 0. The van der Waals surface area contributed by atoms with E-state index >= 15 is 0 Å². The number of benzene rings is 2. The molecule has 0 spiro atoms. The highest BCUT2D eigenvalue weighted by Gasteiger charge is 2.16. The summed E-state index contributed by atoms with van der Waals surface area (Å²) in [6.45, 7) is 0. The molecule has 3 rings (SSSR count). The fourth-order valence-corrected chi connectivity index (χ4v) is 2.51. The summed E-state index contributed by atoms with van der Waals surface area (Å²) in [6.07, 6.45) is 0. The van der Waals surface area contributed by atoms with E-state index in [2.05, 4.69) is 20.9 Å². The second kappa shape index (κ2) is 5.61. The lowest BCUT2D eigenvalue weighted by Gasteiger charge is -2.09. The third-order valence-corrected chi connectivity index (χ3v) is 3.53. The standard InChI is InChI=1S/C15H9BrN2O4/c16-9-3-1-4-10(7-9)22-13-8-14(19)17-15-11(13)5-2-6-12(15)18(20)21/h1-8H,(H,17,19). The Morgan fingerprint density at radius 2 is 1.91 bits per heavy atom. The first kappa shape index (κ1) is 14.3. The molecular formula is C15H9BrN2O4. The van der Waals surface area contributed by atoms with Crippen LogP contribution in [0.4, 0.5) is 5.69 Å². The first-order valence-corrected chi connectivity index (χ1v) is 7.08. The number of aromatic nitrogens is 1. The molecule has 1 heterocycles. The number of pyridine rings is 1. The highest BCUT2D eigenvalue weighted by atomic mass is 79.9. The van der Waals surface area contributed by atoms with Crippen LogP contribution in [0.25, 0.3) is 10.9 Å². The molecule has 22 heavy (non-hydrogen) atoms. The first-order valence-electron chi connectivity index (χ1n) is 6.28. The van der Waals surface area contributed by atoms with E-state index in [4.69, 9.17) is 4.74 Å². The lowest BCUT2D eigenvalue weighted by Crippen LogP contribution is -2.06. The molecule has 110 valence electrons. The summed E-state index contributed by atoms with van der Waals surface area (Å²) in [5.41, 5.74) is -0.494. The summed E-state index contributed by atoms with van der Waals surface area (Å²) in [6, 6.07) is 12.9. The molecule has 0 bridgehead atoms. The molecule has 0 amide bonds. The SMILES string of the molecule is O=c1cc(Oc2cccc(Br)c2)c2cccc([N+](=O)[O-])c2[nH]1. The van der Waals surface area contributed by atoms with E-state index in [-0.39, 0.29) is 17.0 Å². The third-order valence-electron chi connectivity index (χ3n) is 3.04. The number of rotatable bonds is 3. The molecule has 1 N–H and O–H groups in total. The Balaban J connectivity index is 2.19. The monoisotopic (exact) mass is 360 g/mol. The summed E-state index contributed by atoms with van der Waals surface area (Å²) in [5, 5.41) is 11.5. The third kappa shape index (κ3) is 2.71. The van der Waals surface area contributed by atoms with Crippen LogP contribution in [0.5, 0.6) is 11.5 Å². The smallest absolute Gasteiger partial charge is 0.293 e. The van der Waals surface area contributed by atoms with Crippen LogP contribution < -0.4 is 10.3 Å². The predicted octanol–water partition coefficient (Wildman–Crippen LogP) is 3.99. The minimum atomic E-state index is -0.541. The lowest BCUT2D eigenvalue weighted by atomic mass is 10.2. The summed E-state index contributed by atoms with van der Waals surface area (Å²) < 4.78 is 6.54. The van der Waals surface area contributed by atoms with Crippen LogP contribution in [0.15, 0.2) is 57.8 Å². The molecule has 6 nitrogen and oxygen atoms in total. The highest BCUT2D eigenvalue weighted by Crippen LogP contribution is 2.32. The molecule has 0 radical (unpaired) electrons. The van der Waals surface area contributed by atoms with E-state index < -0.39 is 10.5 Å². The van der Waals surface area contributed by atoms with Gasteiger partial charge in [0, 0.05) is 22.0 Å². The topological polar surface area (TPSA) is 85.2 Å². The minimum Gasteiger partial charge on any atom is -0.456 e. The van der Waals surface area contributed by atoms with Crippen LogP contribution in [0, 0.1) is 10.1 Å². The number of nitrogens with zero attached hydrogens (tertiary/aromatic N) is 1. The van der Waals surface area contributed by atoms with Gasteiger partial charge in [-0.25, -0.2) is 0 Å².